The molecule has 2 aromatic heterocycles. The molecular formula is C21H22N4O. The fourth-order valence-corrected chi connectivity index (χ4v) is 2.44. The van der Waals surface area contributed by atoms with Crippen molar-refractivity contribution < 1.29 is 4.79 Å². The molecule has 0 atom stereocenters. The molecule has 0 bridgehead atoms. The molecule has 5 heteroatoms. The summed E-state index contributed by atoms with van der Waals surface area (Å²) in [5.74, 6) is 0.506. The summed E-state index contributed by atoms with van der Waals surface area (Å²) in [5.41, 5.74) is 3.52. The van der Waals surface area contributed by atoms with Gasteiger partial charge in [0.15, 0.2) is 0 Å². The molecule has 0 aliphatic rings. The Labute approximate surface area is 153 Å². The van der Waals surface area contributed by atoms with E-state index in [4.69, 9.17) is 0 Å². The second kappa shape index (κ2) is 7.35. The molecule has 0 spiro atoms. The topological polar surface area (TPSA) is 66.9 Å². The van der Waals surface area contributed by atoms with E-state index in [9.17, 15) is 4.79 Å². The van der Waals surface area contributed by atoms with Gasteiger partial charge in [-0.25, -0.2) is 4.98 Å². The van der Waals surface area contributed by atoms with Gasteiger partial charge in [-0.15, -0.1) is 0 Å². The van der Waals surface area contributed by atoms with Crippen molar-refractivity contribution in [3.8, 4) is 0 Å². The van der Waals surface area contributed by atoms with Crippen LogP contribution >= 0.6 is 0 Å². The molecule has 0 saturated heterocycles. The molecule has 2 N–H and O–H groups in total. The highest BCUT2D eigenvalue weighted by molar-refractivity contribution is 6.03. The Morgan fingerprint density at radius 3 is 2.23 bits per heavy atom. The number of aromatic nitrogens is 2. The monoisotopic (exact) mass is 346 g/mol. The highest BCUT2D eigenvalue weighted by atomic mass is 16.1. The Balaban J connectivity index is 1.63. The third-order valence-electron chi connectivity index (χ3n) is 3.97. The molecule has 0 radical (unpaired) electrons. The molecule has 0 fully saturated rings. The molecule has 0 unspecified atom stereocenters. The molecule has 0 aliphatic carbocycles. The molecule has 132 valence electrons. The summed E-state index contributed by atoms with van der Waals surface area (Å²) < 4.78 is 0. The molecule has 26 heavy (non-hydrogen) atoms. The highest BCUT2D eigenvalue weighted by Crippen LogP contribution is 2.24. The van der Waals surface area contributed by atoms with Crippen LogP contribution < -0.4 is 10.6 Å². The van der Waals surface area contributed by atoms with Gasteiger partial charge >= 0.3 is 0 Å². The average Bonchev–Trinajstić information content (AvgIpc) is 2.64. The molecule has 0 aliphatic heterocycles. The van der Waals surface area contributed by atoms with Crippen LogP contribution in [0.5, 0.6) is 0 Å². The van der Waals surface area contributed by atoms with Crippen LogP contribution in [-0.2, 0) is 5.41 Å². The minimum Gasteiger partial charge on any atom is -0.340 e. The van der Waals surface area contributed by atoms with Crippen molar-refractivity contribution in [3.63, 3.8) is 0 Å². The van der Waals surface area contributed by atoms with Crippen molar-refractivity contribution in [2.45, 2.75) is 26.2 Å². The van der Waals surface area contributed by atoms with E-state index in [1.165, 1.54) is 11.8 Å². The number of carbonyl (C=O) groups is 1. The summed E-state index contributed by atoms with van der Waals surface area (Å²) in [6, 6.07) is 15.4. The minimum atomic E-state index is -0.210. The van der Waals surface area contributed by atoms with Crippen LogP contribution in [0.25, 0.3) is 0 Å². The summed E-state index contributed by atoms with van der Waals surface area (Å²) >= 11 is 0. The third-order valence-corrected chi connectivity index (χ3v) is 3.97. The first kappa shape index (κ1) is 17.6. The van der Waals surface area contributed by atoms with Crippen molar-refractivity contribution in [1.82, 2.24) is 9.97 Å². The molecule has 1 aromatic carbocycles. The SMILES string of the molecule is CC(C)(C)c1ccc(Nc2ccc(NC(=O)c3cccnc3)cn2)cc1. The van der Waals surface area contributed by atoms with Gasteiger partial charge in [0, 0.05) is 18.1 Å². The third kappa shape index (κ3) is 4.45. The number of nitrogens with zero attached hydrogens (tertiary/aromatic N) is 2. The minimum absolute atomic E-state index is 0.130. The van der Waals surface area contributed by atoms with Crippen LogP contribution in [0.2, 0.25) is 0 Å². The maximum atomic E-state index is 12.1. The number of hydrogen-bond acceptors (Lipinski definition) is 4. The van der Waals surface area contributed by atoms with Crippen molar-refractivity contribution in [1.29, 1.82) is 0 Å². The van der Waals surface area contributed by atoms with E-state index in [-0.39, 0.29) is 11.3 Å². The van der Waals surface area contributed by atoms with Gasteiger partial charge in [0.05, 0.1) is 17.4 Å². The normalized spacial score (nSPS) is 11.0. The van der Waals surface area contributed by atoms with E-state index in [0.717, 1.165) is 5.69 Å². The van der Waals surface area contributed by atoms with Gasteiger partial charge in [-0.05, 0) is 47.4 Å². The zero-order valence-electron chi connectivity index (χ0n) is 15.2. The van der Waals surface area contributed by atoms with Crippen LogP contribution in [0, 0.1) is 0 Å². The van der Waals surface area contributed by atoms with Crippen LogP contribution in [0.3, 0.4) is 0 Å². The molecule has 3 rings (SSSR count). The first-order chi connectivity index (χ1) is 12.4. The predicted molar refractivity (Wildman–Crippen MR) is 105 cm³/mol. The number of benzene rings is 1. The molecule has 1 amide bonds. The van der Waals surface area contributed by atoms with Gasteiger partial charge in [-0.2, -0.15) is 0 Å². The van der Waals surface area contributed by atoms with Crippen molar-refractivity contribution in [2.75, 3.05) is 10.6 Å². The van der Waals surface area contributed by atoms with E-state index in [2.05, 4.69) is 53.5 Å². The quantitative estimate of drug-likeness (QED) is 0.714. The lowest BCUT2D eigenvalue weighted by Gasteiger charge is -2.19. The van der Waals surface area contributed by atoms with E-state index in [1.807, 2.05) is 24.3 Å². The van der Waals surface area contributed by atoms with Crippen LogP contribution in [-0.4, -0.2) is 15.9 Å². The summed E-state index contributed by atoms with van der Waals surface area (Å²) in [7, 11) is 0. The number of hydrogen-bond donors (Lipinski definition) is 2. The summed E-state index contributed by atoms with van der Waals surface area (Å²) in [4.78, 5) is 20.4. The van der Waals surface area contributed by atoms with E-state index >= 15 is 0 Å². The number of carbonyl (C=O) groups excluding carboxylic acids is 1. The number of amides is 1. The Bertz CT molecular complexity index is 867. The summed E-state index contributed by atoms with van der Waals surface area (Å²) in [6.07, 6.45) is 4.78. The first-order valence-corrected chi connectivity index (χ1v) is 8.47. The summed E-state index contributed by atoms with van der Waals surface area (Å²) in [6.45, 7) is 6.57. The van der Waals surface area contributed by atoms with Gasteiger partial charge in [0.2, 0.25) is 0 Å². The number of anilines is 3. The molecule has 5 nitrogen and oxygen atoms in total. The van der Waals surface area contributed by atoms with Gasteiger partial charge in [-0.3, -0.25) is 9.78 Å². The van der Waals surface area contributed by atoms with Crippen LogP contribution in [0.1, 0.15) is 36.7 Å². The highest BCUT2D eigenvalue weighted by Gasteiger charge is 2.12. The standard InChI is InChI=1S/C21H22N4O/c1-21(2,3)16-6-8-17(9-7-16)24-19-11-10-18(14-23-19)25-20(26)15-5-4-12-22-13-15/h4-14H,1-3H3,(H,23,24)(H,25,26). The lowest BCUT2D eigenvalue weighted by atomic mass is 9.87. The average molecular weight is 346 g/mol. The first-order valence-electron chi connectivity index (χ1n) is 8.47. The number of nitrogens with one attached hydrogen (secondary N) is 2. The second-order valence-electron chi connectivity index (χ2n) is 7.08. The maximum Gasteiger partial charge on any atom is 0.257 e. The molecule has 2 heterocycles. The smallest absolute Gasteiger partial charge is 0.257 e. The second-order valence-corrected chi connectivity index (χ2v) is 7.08. The fourth-order valence-electron chi connectivity index (χ4n) is 2.44. The zero-order chi connectivity index (χ0) is 18.6. The lowest BCUT2D eigenvalue weighted by Crippen LogP contribution is -2.12. The molecule has 0 saturated carbocycles. The Hall–Kier alpha value is -3.21. The fraction of sp³-hybridized carbons (Fsp3) is 0.190. The largest absolute Gasteiger partial charge is 0.340 e. The Morgan fingerprint density at radius 1 is 0.923 bits per heavy atom. The predicted octanol–water partition coefficient (Wildman–Crippen LogP) is 4.77. The van der Waals surface area contributed by atoms with Gasteiger partial charge in [-0.1, -0.05) is 32.9 Å². The van der Waals surface area contributed by atoms with Gasteiger partial charge in [0.1, 0.15) is 5.82 Å². The van der Waals surface area contributed by atoms with Crippen molar-refractivity contribution in [2.24, 2.45) is 0 Å². The Kier molecular flexibility index (Phi) is 4.98. The van der Waals surface area contributed by atoms with Crippen molar-refractivity contribution >= 4 is 23.1 Å². The van der Waals surface area contributed by atoms with Crippen LogP contribution in [0.4, 0.5) is 17.2 Å². The number of rotatable bonds is 4. The van der Waals surface area contributed by atoms with E-state index < -0.39 is 0 Å². The van der Waals surface area contributed by atoms with Crippen molar-refractivity contribution in [3.05, 3.63) is 78.2 Å². The molecular weight excluding hydrogens is 324 g/mol. The lowest BCUT2D eigenvalue weighted by molar-refractivity contribution is 0.102. The zero-order valence-corrected chi connectivity index (χ0v) is 15.2. The summed E-state index contributed by atoms with van der Waals surface area (Å²) in [5, 5.41) is 6.07. The maximum absolute atomic E-state index is 12.1. The van der Waals surface area contributed by atoms with Gasteiger partial charge in [0.25, 0.3) is 5.91 Å². The van der Waals surface area contributed by atoms with E-state index in [1.54, 1.807) is 24.5 Å². The number of pyridine rings is 2. The van der Waals surface area contributed by atoms with E-state index in [0.29, 0.717) is 17.1 Å². The molecule has 3 aromatic rings. The Morgan fingerprint density at radius 2 is 1.65 bits per heavy atom. The van der Waals surface area contributed by atoms with Crippen LogP contribution in [0.15, 0.2) is 67.1 Å². The van der Waals surface area contributed by atoms with Gasteiger partial charge < -0.3 is 10.6 Å².